The summed E-state index contributed by atoms with van der Waals surface area (Å²) < 4.78 is 15.5. The third-order valence-electron chi connectivity index (χ3n) is 2.17. The van der Waals surface area contributed by atoms with Crippen molar-refractivity contribution in [2.24, 2.45) is 5.73 Å². The Kier molecular flexibility index (Phi) is 10.8. The Bertz CT molecular complexity index is 302. The predicted molar refractivity (Wildman–Crippen MR) is 78.8 cm³/mol. The lowest BCUT2D eigenvalue weighted by molar-refractivity contribution is -0.156. The zero-order valence-electron chi connectivity index (χ0n) is 13.3. The van der Waals surface area contributed by atoms with E-state index in [-0.39, 0.29) is 31.5 Å². The lowest BCUT2D eigenvalue weighted by Crippen LogP contribution is -2.31. The summed E-state index contributed by atoms with van der Waals surface area (Å²) in [6.45, 7) is 7.51. The van der Waals surface area contributed by atoms with Gasteiger partial charge in [-0.15, -0.1) is 0 Å². The fourth-order valence-electron chi connectivity index (χ4n) is 1.31. The van der Waals surface area contributed by atoms with Gasteiger partial charge in [-0.3, -0.25) is 9.59 Å². The molecule has 0 rings (SSSR count). The molecule has 0 radical (unpaired) electrons. The van der Waals surface area contributed by atoms with E-state index in [0.717, 1.165) is 6.42 Å². The number of rotatable bonds is 11. The number of carbonyl (C=O) groups excluding carboxylic acids is 2. The van der Waals surface area contributed by atoms with E-state index in [2.05, 4.69) is 5.32 Å². The predicted octanol–water partition coefficient (Wildman–Crippen LogP) is 0.216. The lowest BCUT2D eigenvalue weighted by Gasteiger charge is -2.19. The third kappa shape index (κ3) is 15.0. The molecule has 0 fully saturated rings. The molecule has 0 atom stereocenters. The molecule has 0 aliphatic rings. The van der Waals surface area contributed by atoms with Gasteiger partial charge < -0.3 is 25.3 Å². The molecule has 7 heteroatoms. The van der Waals surface area contributed by atoms with Crippen LogP contribution in [0.3, 0.4) is 0 Å². The van der Waals surface area contributed by atoms with Gasteiger partial charge in [0, 0.05) is 13.2 Å². The lowest BCUT2D eigenvalue weighted by atomic mass is 10.2. The highest BCUT2D eigenvalue weighted by atomic mass is 16.6. The zero-order chi connectivity index (χ0) is 16.1. The van der Waals surface area contributed by atoms with Crippen LogP contribution in [0.25, 0.3) is 0 Å². The Morgan fingerprint density at radius 3 is 2.43 bits per heavy atom. The molecule has 0 saturated carbocycles. The summed E-state index contributed by atoms with van der Waals surface area (Å²) in [4.78, 5) is 22.7. The van der Waals surface area contributed by atoms with Crippen LogP contribution in [0.2, 0.25) is 0 Å². The van der Waals surface area contributed by atoms with Crippen LogP contribution in [-0.4, -0.2) is 57.0 Å². The number of nitrogens with two attached hydrogens (primary N) is 1. The maximum atomic E-state index is 11.4. The minimum absolute atomic E-state index is 0.0257. The van der Waals surface area contributed by atoms with E-state index in [9.17, 15) is 9.59 Å². The van der Waals surface area contributed by atoms with E-state index in [1.807, 2.05) is 20.8 Å². The summed E-state index contributed by atoms with van der Waals surface area (Å²) in [5.74, 6) is -0.484. The fourth-order valence-corrected chi connectivity index (χ4v) is 1.31. The van der Waals surface area contributed by atoms with Crippen molar-refractivity contribution in [1.82, 2.24) is 5.32 Å². The molecule has 0 spiro atoms. The van der Waals surface area contributed by atoms with Crippen LogP contribution in [0.1, 0.15) is 33.6 Å². The molecule has 1 amide bonds. The number of hydrogen-bond acceptors (Lipinski definition) is 6. The molecular weight excluding hydrogens is 276 g/mol. The van der Waals surface area contributed by atoms with Crippen molar-refractivity contribution in [1.29, 1.82) is 0 Å². The molecule has 0 aliphatic carbocycles. The second kappa shape index (κ2) is 11.5. The largest absolute Gasteiger partial charge is 0.460 e. The van der Waals surface area contributed by atoms with Crippen molar-refractivity contribution >= 4 is 11.9 Å². The maximum absolute atomic E-state index is 11.4. The van der Waals surface area contributed by atoms with E-state index in [0.29, 0.717) is 26.3 Å². The van der Waals surface area contributed by atoms with E-state index < -0.39 is 5.60 Å². The van der Waals surface area contributed by atoms with E-state index in [1.165, 1.54) is 0 Å². The molecule has 0 unspecified atom stereocenters. The highest BCUT2D eigenvalue weighted by Gasteiger charge is 2.15. The number of hydrogen-bond donors (Lipinski definition) is 2. The average Bonchev–Trinajstić information content (AvgIpc) is 2.36. The summed E-state index contributed by atoms with van der Waals surface area (Å²) in [7, 11) is 0. The smallest absolute Gasteiger partial charge is 0.308 e. The Hall–Kier alpha value is -1.18. The van der Waals surface area contributed by atoms with Crippen LogP contribution in [0.4, 0.5) is 0 Å². The molecule has 124 valence electrons. The van der Waals surface area contributed by atoms with Crippen molar-refractivity contribution in [3.05, 3.63) is 0 Å². The molecule has 0 bridgehead atoms. The summed E-state index contributed by atoms with van der Waals surface area (Å²) in [6.07, 6.45) is 0.939. The van der Waals surface area contributed by atoms with Crippen LogP contribution in [0, 0.1) is 0 Å². The minimum atomic E-state index is -0.477. The second-order valence-corrected chi connectivity index (χ2v) is 5.49. The van der Waals surface area contributed by atoms with Gasteiger partial charge in [-0.2, -0.15) is 0 Å². The number of carbonyl (C=O) groups is 2. The Morgan fingerprint density at radius 2 is 1.81 bits per heavy atom. The molecule has 0 aromatic rings. The topological polar surface area (TPSA) is 99.9 Å². The average molecular weight is 304 g/mol. The first-order valence-electron chi connectivity index (χ1n) is 7.19. The number of esters is 1. The van der Waals surface area contributed by atoms with Gasteiger partial charge in [0.1, 0.15) is 12.2 Å². The summed E-state index contributed by atoms with van der Waals surface area (Å²) in [6, 6.07) is 0. The molecular formula is C14H28N2O5. The van der Waals surface area contributed by atoms with Gasteiger partial charge in [-0.25, -0.2) is 0 Å². The first kappa shape index (κ1) is 19.8. The van der Waals surface area contributed by atoms with E-state index in [4.69, 9.17) is 19.9 Å². The Morgan fingerprint density at radius 1 is 1.10 bits per heavy atom. The zero-order valence-corrected chi connectivity index (χ0v) is 13.3. The van der Waals surface area contributed by atoms with Crippen molar-refractivity contribution < 1.29 is 23.8 Å². The first-order valence-corrected chi connectivity index (χ1v) is 7.19. The van der Waals surface area contributed by atoms with E-state index >= 15 is 0 Å². The fraction of sp³-hybridized carbons (Fsp3) is 0.857. The van der Waals surface area contributed by atoms with Gasteiger partial charge in [0.05, 0.1) is 19.6 Å². The molecule has 0 aliphatic heterocycles. The molecule has 21 heavy (non-hydrogen) atoms. The normalized spacial score (nSPS) is 11.2. The molecule has 0 aromatic carbocycles. The number of nitrogens with one attached hydrogen (secondary N) is 1. The van der Waals surface area contributed by atoms with Crippen LogP contribution in [0.15, 0.2) is 0 Å². The SMILES string of the molecule is CC(C)(C)OC(=O)CCOCCNC(=O)COCCCN. The van der Waals surface area contributed by atoms with Crippen LogP contribution in [-0.2, 0) is 23.8 Å². The quantitative estimate of drug-likeness (QED) is 0.418. The monoisotopic (exact) mass is 304 g/mol. The van der Waals surface area contributed by atoms with Gasteiger partial charge in [-0.1, -0.05) is 0 Å². The summed E-state index contributed by atoms with van der Waals surface area (Å²) in [5.41, 5.74) is 4.82. The number of amides is 1. The van der Waals surface area contributed by atoms with Gasteiger partial charge >= 0.3 is 5.97 Å². The molecule has 0 saturated heterocycles. The van der Waals surface area contributed by atoms with E-state index in [1.54, 1.807) is 0 Å². The Labute approximate surface area is 126 Å². The standard InChI is InChI=1S/C14H28N2O5/c1-14(2,3)21-13(18)5-9-19-10-7-16-12(17)11-20-8-4-6-15/h4-11,15H2,1-3H3,(H,16,17). The van der Waals surface area contributed by atoms with Gasteiger partial charge in [0.25, 0.3) is 0 Å². The molecule has 0 heterocycles. The van der Waals surface area contributed by atoms with Crippen molar-refractivity contribution in [2.75, 3.05) is 39.5 Å². The number of ether oxygens (including phenoxy) is 3. The van der Waals surface area contributed by atoms with Crippen molar-refractivity contribution in [3.8, 4) is 0 Å². The maximum Gasteiger partial charge on any atom is 0.308 e. The van der Waals surface area contributed by atoms with Gasteiger partial charge in [0.15, 0.2) is 0 Å². The highest BCUT2D eigenvalue weighted by molar-refractivity contribution is 5.77. The minimum Gasteiger partial charge on any atom is -0.460 e. The van der Waals surface area contributed by atoms with Gasteiger partial charge in [-0.05, 0) is 33.7 Å². The van der Waals surface area contributed by atoms with Crippen LogP contribution >= 0.6 is 0 Å². The van der Waals surface area contributed by atoms with Crippen molar-refractivity contribution in [3.63, 3.8) is 0 Å². The highest BCUT2D eigenvalue weighted by Crippen LogP contribution is 2.07. The van der Waals surface area contributed by atoms with Gasteiger partial charge in [0.2, 0.25) is 5.91 Å². The molecule has 3 N–H and O–H groups in total. The Balaban J connectivity index is 3.39. The summed E-state index contributed by atoms with van der Waals surface area (Å²) in [5, 5.41) is 2.65. The van der Waals surface area contributed by atoms with Crippen molar-refractivity contribution in [2.45, 2.75) is 39.2 Å². The third-order valence-corrected chi connectivity index (χ3v) is 2.17. The second-order valence-electron chi connectivity index (χ2n) is 5.49. The van der Waals surface area contributed by atoms with Crippen LogP contribution < -0.4 is 11.1 Å². The molecule has 7 nitrogen and oxygen atoms in total. The first-order chi connectivity index (χ1) is 9.85. The summed E-state index contributed by atoms with van der Waals surface area (Å²) >= 11 is 0. The van der Waals surface area contributed by atoms with Crippen LogP contribution in [0.5, 0.6) is 0 Å². The molecule has 0 aromatic heterocycles.